The van der Waals surface area contributed by atoms with Gasteiger partial charge in [-0.25, -0.2) is 4.98 Å². The minimum Gasteiger partial charge on any atom is -0.477 e. The normalized spacial score (nSPS) is 18.6. The molecule has 0 saturated carbocycles. The number of amides is 2. The number of nitrogens with zero attached hydrogens (tertiary/aromatic N) is 1. The molecule has 1 aliphatic rings. The fraction of sp³-hybridized carbons (Fsp3) is 0.462. The highest BCUT2D eigenvalue weighted by Crippen LogP contribution is 2.15. The minimum absolute atomic E-state index is 0.138. The van der Waals surface area contributed by atoms with Crippen LogP contribution in [-0.2, 0) is 4.79 Å². The SMILES string of the molecule is CCOc1ncccc1C(=O)N[C@H]1CCCNC1=O. The van der Waals surface area contributed by atoms with Crippen LogP contribution in [0.2, 0.25) is 0 Å². The molecule has 1 saturated heterocycles. The summed E-state index contributed by atoms with van der Waals surface area (Å²) in [6, 6.07) is 2.82. The van der Waals surface area contributed by atoms with Gasteiger partial charge in [0.15, 0.2) is 0 Å². The number of pyridine rings is 1. The number of nitrogens with one attached hydrogen (secondary N) is 2. The van der Waals surface area contributed by atoms with Crippen LogP contribution in [0.4, 0.5) is 0 Å². The van der Waals surface area contributed by atoms with Crippen LogP contribution < -0.4 is 15.4 Å². The molecule has 6 heteroatoms. The summed E-state index contributed by atoms with van der Waals surface area (Å²) in [6.07, 6.45) is 3.08. The van der Waals surface area contributed by atoms with Crippen molar-refractivity contribution in [2.45, 2.75) is 25.8 Å². The Morgan fingerprint density at radius 1 is 1.63 bits per heavy atom. The van der Waals surface area contributed by atoms with Gasteiger partial charge in [0.05, 0.1) is 6.61 Å². The zero-order valence-electron chi connectivity index (χ0n) is 10.8. The second-order valence-corrected chi connectivity index (χ2v) is 4.25. The van der Waals surface area contributed by atoms with Gasteiger partial charge in [-0.1, -0.05) is 0 Å². The number of hydrogen-bond acceptors (Lipinski definition) is 4. The van der Waals surface area contributed by atoms with E-state index in [9.17, 15) is 9.59 Å². The predicted molar refractivity (Wildman–Crippen MR) is 68.9 cm³/mol. The van der Waals surface area contributed by atoms with Crippen LogP contribution in [0.15, 0.2) is 18.3 Å². The molecule has 0 unspecified atom stereocenters. The summed E-state index contributed by atoms with van der Waals surface area (Å²) in [5.74, 6) is -0.182. The van der Waals surface area contributed by atoms with Crippen LogP contribution in [-0.4, -0.2) is 36.0 Å². The smallest absolute Gasteiger partial charge is 0.257 e. The molecule has 0 aliphatic carbocycles. The quantitative estimate of drug-likeness (QED) is 0.828. The molecule has 1 aliphatic heterocycles. The zero-order valence-corrected chi connectivity index (χ0v) is 10.8. The number of carbonyl (C=O) groups excluding carboxylic acids is 2. The molecule has 1 aromatic heterocycles. The van der Waals surface area contributed by atoms with Crippen molar-refractivity contribution in [2.75, 3.05) is 13.2 Å². The zero-order chi connectivity index (χ0) is 13.7. The van der Waals surface area contributed by atoms with Crippen LogP contribution in [0, 0.1) is 0 Å². The van der Waals surface area contributed by atoms with E-state index in [1.54, 1.807) is 18.3 Å². The predicted octanol–water partition coefficient (Wildman–Crippen LogP) is 0.489. The molecule has 19 heavy (non-hydrogen) atoms. The molecule has 0 bridgehead atoms. The number of rotatable bonds is 4. The molecule has 0 aromatic carbocycles. The number of aromatic nitrogens is 1. The lowest BCUT2D eigenvalue weighted by atomic mass is 10.1. The Kier molecular flexibility index (Phi) is 4.33. The highest BCUT2D eigenvalue weighted by atomic mass is 16.5. The van der Waals surface area contributed by atoms with E-state index in [-0.39, 0.29) is 11.8 Å². The third-order valence-electron chi connectivity index (χ3n) is 2.89. The molecule has 0 radical (unpaired) electrons. The number of ether oxygens (including phenoxy) is 1. The van der Waals surface area contributed by atoms with Gasteiger partial charge in [0.2, 0.25) is 11.8 Å². The first-order valence-corrected chi connectivity index (χ1v) is 6.38. The Bertz CT molecular complexity index is 476. The van der Waals surface area contributed by atoms with Crippen LogP contribution in [0.25, 0.3) is 0 Å². The Morgan fingerprint density at radius 3 is 3.21 bits per heavy atom. The van der Waals surface area contributed by atoms with Gasteiger partial charge in [0, 0.05) is 12.7 Å². The first-order valence-electron chi connectivity index (χ1n) is 6.38. The molecule has 2 rings (SSSR count). The summed E-state index contributed by atoms with van der Waals surface area (Å²) < 4.78 is 5.30. The van der Waals surface area contributed by atoms with Crippen molar-refractivity contribution in [3.8, 4) is 5.88 Å². The Labute approximate surface area is 111 Å². The summed E-state index contributed by atoms with van der Waals surface area (Å²) in [7, 11) is 0. The maximum Gasteiger partial charge on any atom is 0.257 e. The van der Waals surface area contributed by atoms with Crippen molar-refractivity contribution in [1.82, 2.24) is 15.6 Å². The molecule has 2 heterocycles. The lowest BCUT2D eigenvalue weighted by molar-refractivity contribution is -0.124. The van der Waals surface area contributed by atoms with E-state index in [2.05, 4.69) is 15.6 Å². The summed E-state index contributed by atoms with van der Waals surface area (Å²) in [5.41, 5.74) is 0.350. The number of hydrogen-bond donors (Lipinski definition) is 2. The van der Waals surface area contributed by atoms with Gasteiger partial charge in [0.1, 0.15) is 11.6 Å². The minimum atomic E-state index is -0.476. The van der Waals surface area contributed by atoms with E-state index in [1.807, 2.05) is 6.92 Å². The van der Waals surface area contributed by atoms with Crippen molar-refractivity contribution in [3.63, 3.8) is 0 Å². The summed E-state index contributed by atoms with van der Waals surface area (Å²) in [5, 5.41) is 5.44. The van der Waals surface area contributed by atoms with Crippen LogP contribution in [0.5, 0.6) is 5.88 Å². The van der Waals surface area contributed by atoms with E-state index in [1.165, 1.54) is 0 Å². The van der Waals surface area contributed by atoms with Gasteiger partial charge in [-0.2, -0.15) is 0 Å². The topological polar surface area (TPSA) is 80.3 Å². The Morgan fingerprint density at radius 2 is 2.47 bits per heavy atom. The van der Waals surface area contributed by atoms with Crippen molar-refractivity contribution < 1.29 is 14.3 Å². The fourth-order valence-electron chi connectivity index (χ4n) is 1.96. The molecule has 1 aromatic rings. The van der Waals surface area contributed by atoms with Crippen molar-refractivity contribution in [3.05, 3.63) is 23.9 Å². The van der Waals surface area contributed by atoms with Crippen molar-refractivity contribution in [2.24, 2.45) is 0 Å². The van der Waals surface area contributed by atoms with E-state index < -0.39 is 6.04 Å². The number of carbonyl (C=O) groups is 2. The molecular weight excluding hydrogens is 246 g/mol. The van der Waals surface area contributed by atoms with E-state index in [0.29, 0.717) is 31.0 Å². The average molecular weight is 263 g/mol. The van der Waals surface area contributed by atoms with Gasteiger partial charge >= 0.3 is 0 Å². The summed E-state index contributed by atoms with van der Waals surface area (Å²) in [6.45, 7) is 2.93. The third-order valence-corrected chi connectivity index (χ3v) is 2.89. The Balaban J connectivity index is 2.09. The van der Waals surface area contributed by atoms with E-state index in [0.717, 1.165) is 6.42 Å². The van der Waals surface area contributed by atoms with E-state index >= 15 is 0 Å². The maximum absolute atomic E-state index is 12.1. The fourth-order valence-corrected chi connectivity index (χ4v) is 1.96. The first kappa shape index (κ1) is 13.3. The average Bonchev–Trinajstić information content (AvgIpc) is 2.42. The summed E-state index contributed by atoms with van der Waals surface area (Å²) >= 11 is 0. The summed E-state index contributed by atoms with van der Waals surface area (Å²) in [4.78, 5) is 27.8. The molecule has 102 valence electrons. The van der Waals surface area contributed by atoms with Crippen LogP contribution >= 0.6 is 0 Å². The lowest BCUT2D eigenvalue weighted by Gasteiger charge is -2.23. The van der Waals surface area contributed by atoms with Gasteiger partial charge in [-0.3, -0.25) is 9.59 Å². The van der Waals surface area contributed by atoms with Gasteiger partial charge in [0.25, 0.3) is 5.91 Å². The first-order chi connectivity index (χ1) is 9.22. The Hall–Kier alpha value is -2.11. The molecule has 2 amide bonds. The van der Waals surface area contributed by atoms with Gasteiger partial charge < -0.3 is 15.4 Å². The molecule has 1 fully saturated rings. The molecule has 0 spiro atoms. The molecular formula is C13H17N3O3. The molecule has 2 N–H and O–H groups in total. The second-order valence-electron chi connectivity index (χ2n) is 4.25. The largest absolute Gasteiger partial charge is 0.477 e. The molecule has 6 nitrogen and oxygen atoms in total. The van der Waals surface area contributed by atoms with Crippen molar-refractivity contribution >= 4 is 11.8 Å². The van der Waals surface area contributed by atoms with Gasteiger partial charge in [-0.05, 0) is 31.9 Å². The highest BCUT2D eigenvalue weighted by molar-refractivity contribution is 5.99. The monoisotopic (exact) mass is 263 g/mol. The van der Waals surface area contributed by atoms with Crippen molar-refractivity contribution in [1.29, 1.82) is 0 Å². The standard InChI is InChI=1S/C13H17N3O3/c1-2-19-13-9(5-3-8-15-13)11(17)16-10-6-4-7-14-12(10)18/h3,5,8,10H,2,4,6-7H2,1H3,(H,14,18)(H,16,17)/t10-/m0/s1. The van der Waals surface area contributed by atoms with Crippen LogP contribution in [0.1, 0.15) is 30.1 Å². The van der Waals surface area contributed by atoms with Gasteiger partial charge in [-0.15, -0.1) is 0 Å². The lowest BCUT2D eigenvalue weighted by Crippen LogP contribution is -2.50. The highest BCUT2D eigenvalue weighted by Gasteiger charge is 2.25. The van der Waals surface area contributed by atoms with E-state index in [4.69, 9.17) is 4.74 Å². The number of piperidine rings is 1. The maximum atomic E-state index is 12.1. The third kappa shape index (κ3) is 3.21. The van der Waals surface area contributed by atoms with Crippen LogP contribution in [0.3, 0.4) is 0 Å². The molecule has 1 atom stereocenters. The second kappa shape index (κ2) is 6.17.